The van der Waals surface area contributed by atoms with E-state index in [0.29, 0.717) is 11.3 Å². The van der Waals surface area contributed by atoms with Gasteiger partial charge >= 0.3 is 0 Å². The maximum Gasteiger partial charge on any atom is 0.269 e. The van der Waals surface area contributed by atoms with Gasteiger partial charge in [-0.05, 0) is 31.5 Å². The van der Waals surface area contributed by atoms with Crippen molar-refractivity contribution in [3.63, 3.8) is 0 Å². The van der Waals surface area contributed by atoms with Gasteiger partial charge in [0.1, 0.15) is 17.9 Å². The minimum Gasteiger partial charge on any atom is -0.394 e. The lowest BCUT2D eigenvalue weighted by molar-refractivity contribution is -0.384. The fourth-order valence-electron chi connectivity index (χ4n) is 1.92. The van der Waals surface area contributed by atoms with Crippen molar-refractivity contribution in [2.24, 2.45) is 4.99 Å². The van der Waals surface area contributed by atoms with Gasteiger partial charge in [-0.2, -0.15) is 0 Å². The zero-order valence-electron chi connectivity index (χ0n) is 11.9. The van der Waals surface area contributed by atoms with Crippen molar-refractivity contribution in [2.45, 2.75) is 32.4 Å². The van der Waals surface area contributed by atoms with E-state index >= 15 is 0 Å². The number of carbonyl (C=O) groups excluding carboxylic acids is 1. The Morgan fingerprint density at radius 1 is 1.33 bits per heavy atom. The molecule has 0 aliphatic carbocycles. The first-order valence-corrected chi connectivity index (χ1v) is 6.41. The van der Waals surface area contributed by atoms with Gasteiger partial charge in [0.05, 0.1) is 11.5 Å². The van der Waals surface area contributed by atoms with E-state index in [9.17, 15) is 25.1 Å². The van der Waals surface area contributed by atoms with E-state index in [1.54, 1.807) is 6.92 Å². The molecule has 0 saturated heterocycles. The van der Waals surface area contributed by atoms with Crippen LogP contribution in [0.3, 0.4) is 0 Å². The smallest absolute Gasteiger partial charge is 0.269 e. The van der Waals surface area contributed by atoms with Gasteiger partial charge in [0.25, 0.3) is 5.69 Å². The second-order valence-corrected chi connectivity index (χ2v) is 4.79. The first kappa shape index (κ1) is 16.9. The van der Waals surface area contributed by atoms with Gasteiger partial charge in [0, 0.05) is 24.3 Å². The van der Waals surface area contributed by atoms with Crippen LogP contribution in [0.25, 0.3) is 0 Å². The summed E-state index contributed by atoms with van der Waals surface area (Å²) >= 11 is 0. The molecule has 1 aromatic rings. The average molecular weight is 294 g/mol. The Hall–Kier alpha value is -2.12. The Morgan fingerprint density at radius 3 is 2.33 bits per heavy atom. The molecule has 114 valence electrons. The van der Waals surface area contributed by atoms with Crippen LogP contribution in [-0.4, -0.2) is 39.3 Å². The summed E-state index contributed by atoms with van der Waals surface area (Å²) in [6.07, 6.45) is -0.943. The molecule has 0 bridgehead atoms. The first-order valence-electron chi connectivity index (χ1n) is 6.41. The molecule has 2 N–H and O–H groups in total. The summed E-state index contributed by atoms with van der Waals surface area (Å²) < 4.78 is 0. The Kier molecular flexibility index (Phi) is 6.13. The average Bonchev–Trinajstić information content (AvgIpc) is 2.43. The van der Waals surface area contributed by atoms with Crippen molar-refractivity contribution < 1.29 is 19.9 Å². The standard InChI is InChI=1S/C14H18N2O5/c1-9(7-10(2)18)15-13(8-17)14(19)11-3-5-12(6-4-11)16(20)21/h3-6,13-14,17,19H,7-8H2,1-2H3/t13-,14+/m1/s1. The number of nitrogens with zero attached hydrogens (tertiary/aromatic N) is 2. The third-order valence-corrected chi connectivity index (χ3v) is 2.89. The third kappa shape index (κ3) is 5.05. The number of carbonyl (C=O) groups is 1. The zero-order valence-corrected chi connectivity index (χ0v) is 11.9. The molecule has 0 aliphatic heterocycles. The molecule has 7 heteroatoms. The van der Waals surface area contributed by atoms with Gasteiger partial charge in [-0.3, -0.25) is 19.9 Å². The lowest BCUT2D eigenvalue weighted by Crippen LogP contribution is -2.22. The fourth-order valence-corrected chi connectivity index (χ4v) is 1.92. The monoisotopic (exact) mass is 294 g/mol. The molecule has 0 aliphatic rings. The number of hydrogen-bond acceptors (Lipinski definition) is 6. The number of benzene rings is 1. The molecule has 0 saturated carbocycles. The highest BCUT2D eigenvalue weighted by atomic mass is 16.6. The molecule has 1 aromatic carbocycles. The predicted octanol–water partition coefficient (Wildman–Crippen LogP) is 1.43. The van der Waals surface area contributed by atoms with Gasteiger partial charge in [-0.15, -0.1) is 0 Å². The molecule has 0 aromatic heterocycles. The van der Waals surface area contributed by atoms with Gasteiger partial charge in [-0.25, -0.2) is 0 Å². The minimum atomic E-state index is -1.10. The van der Waals surface area contributed by atoms with E-state index in [4.69, 9.17) is 0 Å². The minimum absolute atomic E-state index is 0.0576. The molecule has 1 rings (SSSR count). The van der Waals surface area contributed by atoms with E-state index in [2.05, 4.69) is 4.99 Å². The van der Waals surface area contributed by atoms with Crippen molar-refractivity contribution in [3.05, 3.63) is 39.9 Å². The molecular weight excluding hydrogens is 276 g/mol. The number of nitro benzene ring substituents is 1. The van der Waals surface area contributed by atoms with Crippen molar-refractivity contribution in [1.29, 1.82) is 0 Å². The van der Waals surface area contributed by atoms with Crippen LogP contribution in [0, 0.1) is 10.1 Å². The van der Waals surface area contributed by atoms with Crippen LogP contribution >= 0.6 is 0 Å². The molecule has 0 heterocycles. The maximum atomic E-state index is 11.0. The summed E-state index contributed by atoms with van der Waals surface area (Å²) in [6, 6.07) is 4.58. The van der Waals surface area contributed by atoms with E-state index in [1.807, 2.05) is 0 Å². The number of hydrogen-bond donors (Lipinski definition) is 2. The predicted molar refractivity (Wildman–Crippen MR) is 77.3 cm³/mol. The highest BCUT2D eigenvalue weighted by Gasteiger charge is 2.20. The number of aliphatic hydroxyl groups excluding tert-OH is 2. The summed E-state index contributed by atoms with van der Waals surface area (Å²) in [5.74, 6) is -0.0576. The summed E-state index contributed by atoms with van der Waals surface area (Å²) in [5.41, 5.74) is 0.851. The van der Waals surface area contributed by atoms with E-state index in [0.717, 1.165) is 0 Å². The zero-order chi connectivity index (χ0) is 16.0. The van der Waals surface area contributed by atoms with Gasteiger partial charge < -0.3 is 10.2 Å². The van der Waals surface area contributed by atoms with Gasteiger partial charge in [0.2, 0.25) is 0 Å². The topological polar surface area (TPSA) is 113 Å². The number of Topliss-reactive ketones (excluding diaryl/α,β-unsaturated/α-hetero) is 1. The first-order chi connectivity index (χ1) is 9.85. The van der Waals surface area contributed by atoms with Crippen molar-refractivity contribution in [2.75, 3.05) is 6.61 Å². The maximum absolute atomic E-state index is 11.0. The van der Waals surface area contributed by atoms with E-state index in [1.165, 1.54) is 31.2 Å². The largest absolute Gasteiger partial charge is 0.394 e. The number of ketones is 1. The number of non-ortho nitro benzene ring substituents is 1. The van der Waals surface area contributed by atoms with E-state index in [-0.39, 0.29) is 17.9 Å². The van der Waals surface area contributed by atoms with Gasteiger partial charge in [0.15, 0.2) is 0 Å². The van der Waals surface area contributed by atoms with E-state index < -0.39 is 23.7 Å². The second-order valence-electron chi connectivity index (χ2n) is 4.79. The molecular formula is C14H18N2O5. The summed E-state index contributed by atoms with van der Waals surface area (Å²) in [4.78, 5) is 25.2. The van der Waals surface area contributed by atoms with Crippen LogP contribution in [0.1, 0.15) is 31.9 Å². The van der Waals surface area contributed by atoms with Crippen LogP contribution in [0.15, 0.2) is 29.3 Å². The number of nitro groups is 1. The van der Waals surface area contributed by atoms with Crippen molar-refractivity contribution in [1.82, 2.24) is 0 Å². The molecule has 0 unspecified atom stereocenters. The van der Waals surface area contributed by atoms with Crippen molar-refractivity contribution in [3.8, 4) is 0 Å². The molecule has 21 heavy (non-hydrogen) atoms. The SMILES string of the molecule is CC(=O)CC(C)=N[C@H](CO)[C@@H](O)c1ccc([N+](=O)[O-])cc1. The lowest BCUT2D eigenvalue weighted by Gasteiger charge is -2.18. The third-order valence-electron chi connectivity index (χ3n) is 2.89. The van der Waals surface area contributed by atoms with Crippen LogP contribution < -0.4 is 0 Å². The fraction of sp³-hybridized carbons (Fsp3) is 0.429. The highest BCUT2D eigenvalue weighted by molar-refractivity contribution is 5.99. The number of aliphatic hydroxyl groups is 2. The Balaban J connectivity index is 2.90. The molecule has 0 amide bonds. The van der Waals surface area contributed by atoms with Crippen LogP contribution in [0.2, 0.25) is 0 Å². The Morgan fingerprint density at radius 2 is 1.90 bits per heavy atom. The second kappa shape index (κ2) is 7.61. The molecule has 7 nitrogen and oxygen atoms in total. The lowest BCUT2D eigenvalue weighted by atomic mass is 10.0. The van der Waals surface area contributed by atoms with Crippen molar-refractivity contribution >= 4 is 17.2 Å². The molecule has 0 radical (unpaired) electrons. The summed E-state index contributed by atoms with van der Waals surface area (Å²) in [7, 11) is 0. The highest BCUT2D eigenvalue weighted by Crippen LogP contribution is 2.22. The molecule has 0 spiro atoms. The van der Waals surface area contributed by atoms with Crippen LogP contribution in [-0.2, 0) is 4.79 Å². The Labute approximate surface area is 122 Å². The summed E-state index contributed by atoms with van der Waals surface area (Å²) in [5, 5.41) is 30.1. The molecule has 2 atom stereocenters. The Bertz CT molecular complexity index is 539. The number of rotatable bonds is 7. The normalized spacial score (nSPS) is 14.6. The number of aliphatic imine (C=N–C) groups is 1. The quantitative estimate of drug-likeness (QED) is 0.448. The van der Waals surface area contributed by atoms with Gasteiger partial charge in [-0.1, -0.05) is 0 Å². The molecule has 0 fully saturated rings. The summed E-state index contributed by atoms with van der Waals surface area (Å²) in [6.45, 7) is 2.68. The van der Waals surface area contributed by atoms with Crippen LogP contribution in [0.5, 0.6) is 0 Å². The van der Waals surface area contributed by atoms with Crippen LogP contribution in [0.4, 0.5) is 5.69 Å².